The number of carbonyl (C=O) groups excluding carboxylic acids is 1. The van der Waals surface area contributed by atoms with Gasteiger partial charge < -0.3 is 14.2 Å². The first-order valence-corrected chi connectivity index (χ1v) is 10.1. The van der Waals surface area contributed by atoms with Crippen LogP contribution in [0.15, 0.2) is 34.7 Å². The van der Waals surface area contributed by atoms with Gasteiger partial charge in [-0.3, -0.25) is 4.79 Å². The van der Waals surface area contributed by atoms with Gasteiger partial charge in [0, 0.05) is 36.8 Å². The van der Waals surface area contributed by atoms with E-state index in [1.807, 2.05) is 0 Å². The van der Waals surface area contributed by atoms with Crippen molar-refractivity contribution in [1.29, 1.82) is 0 Å². The van der Waals surface area contributed by atoms with Gasteiger partial charge in [-0.1, -0.05) is 23.2 Å². The second-order valence-electron chi connectivity index (χ2n) is 6.99. The minimum atomic E-state index is -2.22. The van der Waals surface area contributed by atoms with Gasteiger partial charge in [0.05, 0.1) is 5.02 Å². The third kappa shape index (κ3) is 3.91. The van der Waals surface area contributed by atoms with Crippen LogP contribution in [0.4, 0.5) is 27.6 Å². The summed E-state index contributed by atoms with van der Waals surface area (Å²) in [6, 6.07) is 7.77. The van der Waals surface area contributed by atoms with Crippen molar-refractivity contribution in [3.8, 4) is 11.3 Å². The van der Waals surface area contributed by atoms with E-state index in [9.17, 15) is 26.7 Å². The molecule has 1 aliphatic rings. The van der Waals surface area contributed by atoms with Crippen molar-refractivity contribution in [2.75, 3.05) is 31.1 Å². The molecule has 1 aliphatic heterocycles. The molecule has 1 aromatic heterocycles. The number of amides is 1. The Labute approximate surface area is 188 Å². The number of anilines is 1. The summed E-state index contributed by atoms with van der Waals surface area (Å²) in [4.78, 5) is 15.1. The summed E-state index contributed by atoms with van der Waals surface area (Å²) in [5, 5.41) is 0.803. The van der Waals surface area contributed by atoms with E-state index in [1.165, 1.54) is 11.0 Å². The third-order valence-corrected chi connectivity index (χ3v) is 5.65. The Hall–Kier alpha value is -2.78. The highest BCUT2D eigenvalue weighted by Gasteiger charge is 2.32. The van der Waals surface area contributed by atoms with Crippen molar-refractivity contribution in [1.82, 2.24) is 4.90 Å². The van der Waals surface area contributed by atoms with Gasteiger partial charge >= 0.3 is 0 Å². The minimum Gasteiger partial charge on any atom is -0.451 e. The quantitative estimate of drug-likeness (QED) is 0.260. The van der Waals surface area contributed by atoms with Crippen LogP contribution in [0.3, 0.4) is 0 Å². The zero-order valence-electron chi connectivity index (χ0n) is 16.1. The number of hydrogen-bond acceptors (Lipinski definition) is 3. The molecule has 0 radical (unpaired) electrons. The molecule has 2 heterocycles. The molecule has 1 amide bonds. The number of carbonyl (C=O) groups is 1. The van der Waals surface area contributed by atoms with Crippen LogP contribution in [0.1, 0.15) is 10.6 Å². The van der Waals surface area contributed by atoms with E-state index in [1.54, 1.807) is 24.3 Å². The van der Waals surface area contributed by atoms with Crippen LogP contribution in [0, 0.1) is 29.1 Å². The second kappa shape index (κ2) is 8.63. The molecule has 1 saturated heterocycles. The summed E-state index contributed by atoms with van der Waals surface area (Å²) < 4.78 is 74.0. The molecule has 168 valence electrons. The lowest BCUT2D eigenvalue weighted by molar-refractivity contribution is 0.0715. The lowest BCUT2D eigenvalue weighted by Gasteiger charge is -2.36. The molecule has 4 rings (SSSR count). The maximum absolute atomic E-state index is 14.1. The summed E-state index contributed by atoms with van der Waals surface area (Å²) in [6.07, 6.45) is 0. The number of furan rings is 1. The Morgan fingerprint density at radius 1 is 0.812 bits per heavy atom. The highest BCUT2D eigenvalue weighted by Crippen LogP contribution is 2.33. The van der Waals surface area contributed by atoms with Crippen LogP contribution in [-0.4, -0.2) is 37.0 Å². The Morgan fingerprint density at radius 3 is 2.03 bits per heavy atom. The molecule has 0 spiro atoms. The summed E-state index contributed by atoms with van der Waals surface area (Å²) in [7, 11) is 0. The first-order chi connectivity index (χ1) is 15.2. The largest absolute Gasteiger partial charge is 0.451 e. The monoisotopic (exact) mass is 490 g/mol. The van der Waals surface area contributed by atoms with Gasteiger partial charge in [-0.05, 0) is 30.3 Å². The van der Waals surface area contributed by atoms with E-state index in [2.05, 4.69) is 0 Å². The van der Waals surface area contributed by atoms with Gasteiger partial charge in [0.25, 0.3) is 5.91 Å². The van der Waals surface area contributed by atoms with E-state index >= 15 is 0 Å². The van der Waals surface area contributed by atoms with Crippen LogP contribution in [0.5, 0.6) is 0 Å². The third-order valence-electron chi connectivity index (χ3n) is 5.08. The number of nitrogens with zero attached hydrogens (tertiary/aromatic N) is 2. The standard InChI is InChI=1S/C21H13Cl2F5N2O2/c22-10-1-2-12(23)11(9-10)13-3-4-14(32-13)21(31)30-7-5-29(6-8-30)20-18(27)16(25)15(24)17(26)19(20)28/h1-4,9H,5-8H2. The molecule has 0 unspecified atom stereocenters. The molecule has 1 fully saturated rings. The van der Waals surface area contributed by atoms with Gasteiger partial charge in [0.1, 0.15) is 11.4 Å². The van der Waals surface area contributed by atoms with E-state index in [4.69, 9.17) is 27.6 Å². The lowest BCUT2D eigenvalue weighted by Crippen LogP contribution is -2.49. The number of piperazine rings is 1. The summed E-state index contributed by atoms with van der Waals surface area (Å²) >= 11 is 12.1. The molecule has 0 saturated carbocycles. The van der Waals surface area contributed by atoms with Gasteiger partial charge in [-0.25, -0.2) is 22.0 Å². The fraction of sp³-hybridized carbons (Fsp3) is 0.190. The van der Waals surface area contributed by atoms with E-state index in [0.29, 0.717) is 21.4 Å². The molecule has 0 bridgehead atoms. The first-order valence-electron chi connectivity index (χ1n) is 9.30. The number of benzene rings is 2. The molecule has 11 heteroatoms. The average Bonchev–Trinajstić information content (AvgIpc) is 3.28. The van der Waals surface area contributed by atoms with Crippen LogP contribution >= 0.6 is 23.2 Å². The SMILES string of the molecule is O=C(c1ccc(-c2cc(Cl)ccc2Cl)o1)N1CCN(c2c(F)c(F)c(F)c(F)c2F)CC1. The van der Waals surface area contributed by atoms with Crippen LogP contribution in [0.25, 0.3) is 11.3 Å². The number of halogens is 7. The van der Waals surface area contributed by atoms with Gasteiger partial charge in [0.2, 0.25) is 5.82 Å². The van der Waals surface area contributed by atoms with Gasteiger partial charge in [-0.2, -0.15) is 0 Å². The molecule has 0 N–H and O–H groups in total. The van der Waals surface area contributed by atoms with E-state index in [0.717, 1.165) is 4.90 Å². The van der Waals surface area contributed by atoms with Gasteiger partial charge in [0.15, 0.2) is 29.0 Å². The predicted molar refractivity (Wildman–Crippen MR) is 109 cm³/mol. The second-order valence-corrected chi connectivity index (χ2v) is 7.83. The Kier molecular flexibility index (Phi) is 6.05. The molecule has 0 aliphatic carbocycles. The van der Waals surface area contributed by atoms with Crippen LogP contribution in [-0.2, 0) is 0 Å². The molecule has 4 nitrogen and oxygen atoms in total. The fourth-order valence-corrected chi connectivity index (χ4v) is 3.83. The predicted octanol–water partition coefficient (Wildman–Crippen LogP) is 5.91. The molecule has 0 atom stereocenters. The lowest BCUT2D eigenvalue weighted by atomic mass is 10.2. The summed E-state index contributed by atoms with van der Waals surface area (Å²) in [5.74, 6) is -10.2. The first kappa shape index (κ1) is 22.4. The molecular weight excluding hydrogens is 478 g/mol. The number of hydrogen-bond donors (Lipinski definition) is 0. The van der Waals surface area contributed by atoms with Crippen molar-refractivity contribution in [2.45, 2.75) is 0 Å². The Morgan fingerprint density at radius 2 is 1.41 bits per heavy atom. The minimum absolute atomic E-state index is 0.000671. The van der Waals surface area contributed by atoms with Crippen molar-refractivity contribution >= 4 is 34.8 Å². The molecule has 32 heavy (non-hydrogen) atoms. The van der Waals surface area contributed by atoms with Crippen LogP contribution < -0.4 is 4.90 Å². The molecule has 2 aromatic carbocycles. The van der Waals surface area contributed by atoms with Gasteiger partial charge in [-0.15, -0.1) is 0 Å². The van der Waals surface area contributed by atoms with Crippen molar-refractivity contribution in [3.05, 3.63) is 75.2 Å². The highest BCUT2D eigenvalue weighted by molar-refractivity contribution is 6.35. The maximum Gasteiger partial charge on any atom is 0.289 e. The molecule has 3 aromatic rings. The van der Waals surface area contributed by atoms with Crippen molar-refractivity contribution in [3.63, 3.8) is 0 Å². The van der Waals surface area contributed by atoms with Crippen molar-refractivity contribution in [2.24, 2.45) is 0 Å². The average molecular weight is 491 g/mol. The van der Waals surface area contributed by atoms with E-state index in [-0.39, 0.29) is 31.9 Å². The summed E-state index contributed by atoms with van der Waals surface area (Å²) in [5.41, 5.74) is -0.515. The smallest absolute Gasteiger partial charge is 0.289 e. The van der Waals surface area contributed by atoms with Crippen LogP contribution in [0.2, 0.25) is 10.0 Å². The fourth-order valence-electron chi connectivity index (χ4n) is 3.44. The Bertz CT molecular complexity index is 1180. The highest BCUT2D eigenvalue weighted by atomic mass is 35.5. The Balaban J connectivity index is 1.50. The number of rotatable bonds is 3. The zero-order chi connectivity index (χ0) is 23.2. The normalized spacial score (nSPS) is 14.2. The molecular formula is C21H13Cl2F5N2O2. The van der Waals surface area contributed by atoms with Crippen molar-refractivity contribution < 1.29 is 31.2 Å². The maximum atomic E-state index is 14.1. The zero-order valence-corrected chi connectivity index (χ0v) is 17.6. The summed E-state index contributed by atoms with van der Waals surface area (Å²) in [6.45, 7) is -0.325. The topological polar surface area (TPSA) is 36.7 Å². The van der Waals surface area contributed by atoms with E-state index < -0.39 is 40.7 Å².